The third-order valence-electron chi connectivity index (χ3n) is 4.70. The van der Waals surface area contributed by atoms with Crippen LogP contribution < -0.4 is 0 Å². The average molecular weight is 368 g/mol. The summed E-state index contributed by atoms with van der Waals surface area (Å²) in [6.07, 6.45) is 0. The zero-order valence-electron chi connectivity index (χ0n) is 14.5. The number of amides is 1. The predicted octanol–water partition coefficient (Wildman–Crippen LogP) is 3.32. The monoisotopic (exact) mass is 368 g/mol. The van der Waals surface area contributed by atoms with Crippen LogP contribution in [0.2, 0.25) is 0 Å². The van der Waals surface area contributed by atoms with Gasteiger partial charge in [0.25, 0.3) is 5.91 Å². The molecular formula is C19H20N4O2S. The third-order valence-corrected chi connectivity index (χ3v) is 5.56. The second kappa shape index (κ2) is 7.39. The summed E-state index contributed by atoms with van der Waals surface area (Å²) in [4.78, 5) is 17.4. The quantitative estimate of drug-likeness (QED) is 0.707. The fraction of sp³-hybridized carbons (Fsp3) is 0.316. The number of hydrogen-bond donors (Lipinski definition) is 0. The lowest BCUT2D eigenvalue weighted by molar-refractivity contribution is 0.0563. The highest BCUT2D eigenvalue weighted by molar-refractivity contribution is 7.12. The molecule has 2 aromatic heterocycles. The van der Waals surface area contributed by atoms with Gasteiger partial charge in [0.1, 0.15) is 0 Å². The molecule has 1 aliphatic rings. The molecule has 0 saturated carbocycles. The van der Waals surface area contributed by atoms with Gasteiger partial charge >= 0.3 is 0 Å². The Labute approximate surface area is 156 Å². The molecule has 0 radical (unpaired) electrons. The standard InChI is InChI=1S/C19H20N4O2S/c1-14(17-20-21-18(25-17)15-6-3-2-4-7-15)22-9-11-23(12-10-22)19(24)16-8-5-13-26-16/h2-8,13-14H,9-12H2,1H3. The molecule has 3 aromatic rings. The van der Waals surface area contributed by atoms with Crippen LogP contribution in [0.5, 0.6) is 0 Å². The molecule has 4 rings (SSSR count). The first-order valence-corrected chi connectivity index (χ1v) is 9.56. The Hall–Kier alpha value is -2.51. The van der Waals surface area contributed by atoms with Gasteiger partial charge in [0.05, 0.1) is 10.9 Å². The van der Waals surface area contributed by atoms with Gasteiger partial charge in [-0.2, -0.15) is 0 Å². The van der Waals surface area contributed by atoms with Gasteiger partial charge in [0.2, 0.25) is 11.8 Å². The summed E-state index contributed by atoms with van der Waals surface area (Å²) in [6.45, 7) is 5.07. The number of rotatable bonds is 4. The lowest BCUT2D eigenvalue weighted by atomic mass is 10.2. The Morgan fingerprint density at radius 3 is 2.54 bits per heavy atom. The van der Waals surface area contributed by atoms with E-state index >= 15 is 0 Å². The maximum absolute atomic E-state index is 12.4. The molecule has 3 heterocycles. The minimum absolute atomic E-state index is 0.0268. The maximum Gasteiger partial charge on any atom is 0.264 e. The molecule has 1 amide bonds. The third kappa shape index (κ3) is 3.40. The van der Waals surface area contributed by atoms with Crippen LogP contribution in [0.25, 0.3) is 11.5 Å². The van der Waals surface area contributed by atoms with E-state index in [2.05, 4.69) is 22.0 Å². The Morgan fingerprint density at radius 1 is 1.08 bits per heavy atom. The van der Waals surface area contributed by atoms with Gasteiger partial charge in [0, 0.05) is 31.7 Å². The van der Waals surface area contributed by atoms with E-state index in [1.165, 1.54) is 11.3 Å². The summed E-state index contributed by atoms with van der Waals surface area (Å²) in [7, 11) is 0. The number of benzene rings is 1. The smallest absolute Gasteiger partial charge is 0.264 e. The van der Waals surface area contributed by atoms with Crippen molar-refractivity contribution in [3.05, 3.63) is 58.6 Å². The first-order valence-electron chi connectivity index (χ1n) is 8.68. The van der Waals surface area contributed by atoms with Crippen molar-refractivity contribution in [1.82, 2.24) is 20.0 Å². The lowest BCUT2D eigenvalue weighted by Crippen LogP contribution is -2.49. The first kappa shape index (κ1) is 16.9. The van der Waals surface area contributed by atoms with Crippen LogP contribution in [0.4, 0.5) is 0 Å². The van der Waals surface area contributed by atoms with E-state index in [1.807, 2.05) is 52.7 Å². The molecule has 7 heteroatoms. The largest absolute Gasteiger partial charge is 0.419 e. The molecule has 0 bridgehead atoms. The van der Waals surface area contributed by atoms with Crippen LogP contribution in [0.3, 0.4) is 0 Å². The van der Waals surface area contributed by atoms with Crippen LogP contribution >= 0.6 is 11.3 Å². The first-order chi connectivity index (χ1) is 12.7. The van der Waals surface area contributed by atoms with Crippen LogP contribution in [-0.2, 0) is 0 Å². The zero-order chi connectivity index (χ0) is 17.9. The summed E-state index contributed by atoms with van der Waals surface area (Å²) in [5.41, 5.74) is 0.921. The van der Waals surface area contributed by atoms with Crippen molar-refractivity contribution in [3.63, 3.8) is 0 Å². The van der Waals surface area contributed by atoms with Crippen molar-refractivity contribution in [3.8, 4) is 11.5 Å². The molecule has 1 unspecified atom stereocenters. The summed E-state index contributed by atoms with van der Waals surface area (Å²) in [5.74, 6) is 1.28. The van der Waals surface area contributed by atoms with Crippen LogP contribution in [0.1, 0.15) is 28.5 Å². The fourth-order valence-corrected chi connectivity index (χ4v) is 3.82. The SMILES string of the molecule is CC(c1nnc(-c2ccccc2)o1)N1CCN(C(=O)c2cccs2)CC1. The van der Waals surface area contributed by atoms with Gasteiger partial charge in [-0.05, 0) is 30.5 Å². The number of aromatic nitrogens is 2. The fourth-order valence-electron chi connectivity index (χ4n) is 3.13. The van der Waals surface area contributed by atoms with Crippen molar-refractivity contribution in [2.24, 2.45) is 0 Å². The van der Waals surface area contributed by atoms with Crippen molar-refractivity contribution in [2.45, 2.75) is 13.0 Å². The van der Waals surface area contributed by atoms with E-state index in [4.69, 9.17) is 4.42 Å². The van der Waals surface area contributed by atoms with Gasteiger partial charge in [0.15, 0.2) is 0 Å². The van der Waals surface area contributed by atoms with Gasteiger partial charge in [-0.3, -0.25) is 9.69 Å². The number of thiophene rings is 1. The predicted molar refractivity (Wildman–Crippen MR) is 99.9 cm³/mol. The summed E-state index contributed by atoms with van der Waals surface area (Å²) in [6, 6.07) is 13.6. The van der Waals surface area contributed by atoms with Gasteiger partial charge in [-0.15, -0.1) is 21.5 Å². The lowest BCUT2D eigenvalue weighted by Gasteiger charge is -2.36. The highest BCUT2D eigenvalue weighted by Gasteiger charge is 2.28. The molecule has 1 fully saturated rings. The molecule has 0 N–H and O–H groups in total. The van der Waals surface area contributed by atoms with Crippen molar-refractivity contribution < 1.29 is 9.21 Å². The highest BCUT2D eigenvalue weighted by Crippen LogP contribution is 2.25. The van der Waals surface area contributed by atoms with Gasteiger partial charge < -0.3 is 9.32 Å². The normalized spacial score (nSPS) is 16.6. The minimum atomic E-state index is 0.0268. The average Bonchev–Trinajstić information content (AvgIpc) is 3.40. The summed E-state index contributed by atoms with van der Waals surface area (Å²) >= 11 is 1.49. The summed E-state index contributed by atoms with van der Waals surface area (Å²) < 4.78 is 5.88. The van der Waals surface area contributed by atoms with E-state index in [-0.39, 0.29) is 11.9 Å². The molecule has 0 spiro atoms. The number of carbonyl (C=O) groups excluding carboxylic acids is 1. The number of carbonyl (C=O) groups is 1. The van der Waals surface area contributed by atoms with E-state index in [9.17, 15) is 4.79 Å². The second-order valence-corrected chi connectivity index (χ2v) is 7.24. The molecule has 26 heavy (non-hydrogen) atoms. The molecule has 1 atom stereocenters. The molecule has 1 aromatic carbocycles. The number of nitrogens with zero attached hydrogens (tertiary/aromatic N) is 4. The van der Waals surface area contributed by atoms with Crippen molar-refractivity contribution >= 4 is 17.2 Å². The Bertz CT molecular complexity index is 855. The van der Waals surface area contributed by atoms with E-state index in [0.717, 1.165) is 23.5 Å². The number of piperazine rings is 1. The van der Waals surface area contributed by atoms with E-state index in [1.54, 1.807) is 0 Å². The zero-order valence-corrected chi connectivity index (χ0v) is 15.4. The van der Waals surface area contributed by atoms with Crippen molar-refractivity contribution in [2.75, 3.05) is 26.2 Å². The van der Waals surface area contributed by atoms with Crippen LogP contribution in [0.15, 0.2) is 52.3 Å². The number of hydrogen-bond acceptors (Lipinski definition) is 6. The molecule has 0 aliphatic carbocycles. The van der Waals surface area contributed by atoms with Crippen LogP contribution in [-0.4, -0.2) is 52.1 Å². The topological polar surface area (TPSA) is 62.5 Å². The Kier molecular flexibility index (Phi) is 4.81. The highest BCUT2D eigenvalue weighted by atomic mass is 32.1. The molecule has 6 nitrogen and oxygen atoms in total. The molecule has 1 saturated heterocycles. The maximum atomic E-state index is 12.4. The molecular weight excluding hydrogens is 348 g/mol. The second-order valence-electron chi connectivity index (χ2n) is 6.29. The minimum Gasteiger partial charge on any atom is -0.419 e. The molecule has 1 aliphatic heterocycles. The van der Waals surface area contributed by atoms with Crippen LogP contribution in [0, 0.1) is 0 Å². The van der Waals surface area contributed by atoms with Gasteiger partial charge in [-0.1, -0.05) is 24.3 Å². The van der Waals surface area contributed by atoms with E-state index < -0.39 is 0 Å². The Morgan fingerprint density at radius 2 is 1.85 bits per heavy atom. The Balaban J connectivity index is 1.39. The molecule has 134 valence electrons. The summed E-state index contributed by atoms with van der Waals surface area (Å²) in [5, 5.41) is 10.3. The van der Waals surface area contributed by atoms with Crippen molar-refractivity contribution in [1.29, 1.82) is 0 Å². The van der Waals surface area contributed by atoms with Gasteiger partial charge in [-0.25, -0.2) is 0 Å². The van der Waals surface area contributed by atoms with E-state index in [0.29, 0.717) is 24.9 Å².